The van der Waals surface area contributed by atoms with E-state index in [1.165, 1.54) is 5.01 Å². The number of hydrogen-bond donors (Lipinski definition) is 2. The molecule has 0 aromatic rings. The summed E-state index contributed by atoms with van der Waals surface area (Å²) in [5.74, 6) is 5.48. The molecule has 1 aliphatic heterocycles. The number of piperidine rings is 1. The molecule has 0 aromatic carbocycles. The van der Waals surface area contributed by atoms with Crippen molar-refractivity contribution in [2.45, 2.75) is 18.9 Å². The fourth-order valence-corrected chi connectivity index (χ4v) is 1.14. The summed E-state index contributed by atoms with van der Waals surface area (Å²) in [4.78, 5) is 11.0. The van der Waals surface area contributed by atoms with Gasteiger partial charge >= 0.3 is 0 Å². The summed E-state index contributed by atoms with van der Waals surface area (Å²) in [6.07, 6.45) is 1.90. The van der Waals surface area contributed by atoms with Crippen molar-refractivity contribution in [3.05, 3.63) is 0 Å². The molecule has 10 heavy (non-hydrogen) atoms. The lowest BCUT2D eigenvalue weighted by Crippen LogP contribution is -2.51. The maximum atomic E-state index is 11.0. The third-order valence-corrected chi connectivity index (χ3v) is 1.75. The fourth-order valence-electron chi connectivity index (χ4n) is 1.14. The molecule has 1 atom stereocenters. The highest BCUT2D eigenvalue weighted by Crippen LogP contribution is 2.05. The molecule has 1 saturated heterocycles. The second kappa shape index (κ2) is 2.98. The SMILES string of the molecule is CN(N)C1CCCNC1=O. The second-order valence-corrected chi connectivity index (χ2v) is 2.61. The summed E-state index contributed by atoms with van der Waals surface area (Å²) in [6, 6.07) is -0.117. The van der Waals surface area contributed by atoms with E-state index < -0.39 is 0 Å². The third-order valence-electron chi connectivity index (χ3n) is 1.75. The van der Waals surface area contributed by atoms with E-state index in [1.54, 1.807) is 7.05 Å². The smallest absolute Gasteiger partial charge is 0.238 e. The minimum absolute atomic E-state index is 0.0521. The number of nitrogens with one attached hydrogen (secondary N) is 1. The van der Waals surface area contributed by atoms with Gasteiger partial charge in [0.2, 0.25) is 5.91 Å². The number of carbonyl (C=O) groups is 1. The van der Waals surface area contributed by atoms with E-state index in [4.69, 9.17) is 5.84 Å². The van der Waals surface area contributed by atoms with Gasteiger partial charge in [0.25, 0.3) is 0 Å². The average Bonchev–Trinajstić information content (AvgIpc) is 1.88. The van der Waals surface area contributed by atoms with Crippen molar-refractivity contribution in [3.63, 3.8) is 0 Å². The van der Waals surface area contributed by atoms with Gasteiger partial charge in [0.15, 0.2) is 0 Å². The predicted octanol–water partition coefficient (Wildman–Crippen LogP) is -0.929. The first-order chi connectivity index (χ1) is 4.72. The van der Waals surface area contributed by atoms with Crippen LogP contribution in [0.1, 0.15) is 12.8 Å². The molecule has 4 heteroatoms. The first-order valence-electron chi connectivity index (χ1n) is 3.47. The van der Waals surface area contributed by atoms with Crippen LogP contribution >= 0.6 is 0 Å². The van der Waals surface area contributed by atoms with Crippen LogP contribution in [-0.2, 0) is 4.79 Å². The Labute approximate surface area is 60.3 Å². The number of hydrazine groups is 1. The Kier molecular flexibility index (Phi) is 2.24. The quantitative estimate of drug-likeness (QED) is 0.368. The highest BCUT2D eigenvalue weighted by molar-refractivity contribution is 5.82. The third kappa shape index (κ3) is 1.46. The highest BCUT2D eigenvalue weighted by Gasteiger charge is 2.23. The monoisotopic (exact) mass is 143 g/mol. The highest BCUT2D eigenvalue weighted by atomic mass is 16.2. The van der Waals surface area contributed by atoms with Crippen molar-refractivity contribution in [3.8, 4) is 0 Å². The molecule has 0 aliphatic carbocycles. The minimum atomic E-state index is -0.117. The molecule has 1 rings (SSSR count). The summed E-state index contributed by atoms with van der Waals surface area (Å²) < 4.78 is 0. The number of rotatable bonds is 1. The van der Waals surface area contributed by atoms with Crippen molar-refractivity contribution in [2.75, 3.05) is 13.6 Å². The molecule has 0 radical (unpaired) electrons. The molecule has 1 amide bonds. The molecule has 1 fully saturated rings. The Balaban J connectivity index is 2.48. The molecule has 1 unspecified atom stereocenters. The van der Waals surface area contributed by atoms with Crippen LogP contribution in [-0.4, -0.2) is 30.6 Å². The molecule has 0 saturated carbocycles. The first-order valence-corrected chi connectivity index (χ1v) is 3.47. The second-order valence-electron chi connectivity index (χ2n) is 2.61. The molecule has 1 aliphatic rings. The van der Waals surface area contributed by atoms with Crippen LogP contribution in [0.2, 0.25) is 0 Å². The van der Waals surface area contributed by atoms with Gasteiger partial charge < -0.3 is 5.32 Å². The number of likely N-dealkylation sites (N-methyl/N-ethyl adjacent to an activating group) is 1. The van der Waals surface area contributed by atoms with Gasteiger partial charge in [0, 0.05) is 13.6 Å². The fraction of sp³-hybridized carbons (Fsp3) is 0.833. The van der Waals surface area contributed by atoms with Crippen molar-refractivity contribution in [2.24, 2.45) is 5.84 Å². The lowest BCUT2D eigenvalue weighted by molar-refractivity contribution is -0.127. The first kappa shape index (κ1) is 7.50. The van der Waals surface area contributed by atoms with Crippen LogP contribution in [0.3, 0.4) is 0 Å². The van der Waals surface area contributed by atoms with Gasteiger partial charge in [-0.1, -0.05) is 0 Å². The van der Waals surface area contributed by atoms with Crippen LogP contribution in [0.4, 0.5) is 0 Å². The summed E-state index contributed by atoms with van der Waals surface area (Å²) in [6.45, 7) is 0.795. The molecule has 3 N–H and O–H groups in total. The van der Waals surface area contributed by atoms with E-state index in [0.717, 1.165) is 19.4 Å². The maximum absolute atomic E-state index is 11.0. The Hall–Kier alpha value is -0.610. The number of hydrogen-bond acceptors (Lipinski definition) is 3. The minimum Gasteiger partial charge on any atom is -0.355 e. The molecule has 0 aromatic heterocycles. The molecule has 58 valence electrons. The van der Waals surface area contributed by atoms with Crippen molar-refractivity contribution >= 4 is 5.91 Å². The zero-order valence-electron chi connectivity index (χ0n) is 6.13. The van der Waals surface area contributed by atoms with Gasteiger partial charge in [-0.2, -0.15) is 0 Å². The summed E-state index contributed by atoms with van der Waals surface area (Å²) >= 11 is 0. The van der Waals surface area contributed by atoms with Crippen LogP contribution in [0, 0.1) is 0 Å². The van der Waals surface area contributed by atoms with E-state index in [9.17, 15) is 4.79 Å². The van der Waals surface area contributed by atoms with Crippen molar-refractivity contribution in [1.82, 2.24) is 10.3 Å². The topological polar surface area (TPSA) is 58.4 Å². The molecule has 4 nitrogen and oxygen atoms in total. The normalized spacial score (nSPS) is 26.7. The van der Waals surface area contributed by atoms with Crippen LogP contribution in [0.5, 0.6) is 0 Å². The van der Waals surface area contributed by atoms with Crippen molar-refractivity contribution < 1.29 is 4.79 Å². The van der Waals surface area contributed by atoms with Gasteiger partial charge in [0.05, 0.1) is 0 Å². The standard InChI is InChI=1S/C6H13N3O/c1-9(7)5-3-2-4-8-6(5)10/h5H,2-4,7H2,1H3,(H,8,10). The van der Waals surface area contributed by atoms with Gasteiger partial charge in [-0.15, -0.1) is 0 Å². The van der Waals surface area contributed by atoms with E-state index in [-0.39, 0.29) is 11.9 Å². The van der Waals surface area contributed by atoms with Gasteiger partial charge in [0.1, 0.15) is 6.04 Å². The molecule has 0 bridgehead atoms. The Morgan fingerprint density at radius 2 is 2.50 bits per heavy atom. The number of nitrogens with zero attached hydrogens (tertiary/aromatic N) is 1. The zero-order chi connectivity index (χ0) is 7.56. The van der Waals surface area contributed by atoms with Crippen LogP contribution in [0.25, 0.3) is 0 Å². The average molecular weight is 143 g/mol. The largest absolute Gasteiger partial charge is 0.355 e. The summed E-state index contributed by atoms with van der Waals surface area (Å²) in [5, 5.41) is 4.22. The summed E-state index contributed by atoms with van der Waals surface area (Å²) in [7, 11) is 1.72. The molecule has 1 heterocycles. The molecular weight excluding hydrogens is 130 g/mol. The predicted molar refractivity (Wildman–Crippen MR) is 38.0 cm³/mol. The Morgan fingerprint density at radius 1 is 1.80 bits per heavy atom. The van der Waals surface area contributed by atoms with E-state index >= 15 is 0 Å². The Bertz CT molecular complexity index is 135. The van der Waals surface area contributed by atoms with Gasteiger partial charge in [-0.3, -0.25) is 10.6 Å². The number of carbonyl (C=O) groups excluding carboxylic acids is 1. The van der Waals surface area contributed by atoms with Gasteiger partial charge in [-0.25, -0.2) is 5.01 Å². The van der Waals surface area contributed by atoms with Crippen LogP contribution < -0.4 is 11.2 Å². The maximum Gasteiger partial charge on any atom is 0.238 e. The van der Waals surface area contributed by atoms with Crippen molar-refractivity contribution in [1.29, 1.82) is 0 Å². The number of nitrogens with two attached hydrogens (primary N) is 1. The lowest BCUT2D eigenvalue weighted by atomic mass is 10.1. The number of amides is 1. The summed E-state index contributed by atoms with van der Waals surface area (Å²) in [5.41, 5.74) is 0. The van der Waals surface area contributed by atoms with E-state index in [1.807, 2.05) is 0 Å². The molecule has 0 spiro atoms. The zero-order valence-corrected chi connectivity index (χ0v) is 6.13. The Morgan fingerprint density at radius 3 is 2.90 bits per heavy atom. The molecular formula is C6H13N3O. The van der Waals surface area contributed by atoms with Gasteiger partial charge in [-0.05, 0) is 12.8 Å². The van der Waals surface area contributed by atoms with E-state index in [2.05, 4.69) is 5.32 Å². The van der Waals surface area contributed by atoms with Crippen LogP contribution in [0.15, 0.2) is 0 Å². The lowest BCUT2D eigenvalue weighted by Gasteiger charge is -2.26. The van der Waals surface area contributed by atoms with E-state index in [0.29, 0.717) is 0 Å².